The van der Waals surface area contributed by atoms with Crippen LogP contribution in [-0.4, -0.2) is 75.9 Å². The Morgan fingerprint density at radius 1 is 1.26 bits per heavy atom. The molecule has 3 rings (SSSR count). The Bertz CT molecular complexity index is 628. The lowest BCUT2D eigenvalue weighted by Crippen LogP contribution is -2.52. The third-order valence-electron chi connectivity index (χ3n) is 5.09. The molecule has 7 heteroatoms. The summed E-state index contributed by atoms with van der Waals surface area (Å²) in [6.45, 7) is 6.80. The predicted molar refractivity (Wildman–Crippen MR) is 105 cm³/mol. The monoisotopic (exact) mass is 378 g/mol. The zero-order valence-corrected chi connectivity index (χ0v) is 16.4. The van der Waals surface area contributed by atoms with E-state index in [0.29, 0.717) is 5.75 Å². The molecule has 27 heavy (non-hydrogen) atoms. The second kappa shape index (κ2) is 9.90. The molecule has 1 heterocycles. The van der Waals surface area contributed by atoms with E-state index < -0.39 is 0 Å². The van der Waals surface area contributed by atoms with E-state index in [1.807, 2.05) is 13.1 Å². The number of piperazine rings is 1. The molecule has 1 aromatic carbocycles. The van der Waals surface area contributed by atoms with Crippen LogP contribution in [0, 0.1) is 11.7 Å². The van der Waals surface area contributed by atoms with Gasteiger partial charge in [0.1, 0.15) is 0 Å². The topological polar surface area (TPSA) is 49.3 Å². The number of halogens is 1. The third kappa shape index (κ3) is 6.07. The molecule has 2 fully saturated rings. The number of hydrogen-bond acceptors (Lipinski definition) is 4. The van der Waals surface area contributed by atoms with E-state index in [-0.39, 0.29) is 5.82 Å². The summed E-state index contributed by atoms with van der Waals surface area (Å²) in [5.74, 6) is 1.72. The SMILES string of the molecule is CN=C(NCCOCC1CC1)N1CCN(Cc2ccc(OC)c(F)c2)CC1. The molecule has 0 atom stereocenters. The van der Waals surface area contributed by atoms with E-state index in [1.165, 1.54) is 20.0 Å². The highest BCUT2D eigenvalue weighted by Crippen LogP contribution is 2.28. The summed E-state index contributed by atoms with van der Waals surface area (Å²) < 4.78 is 24.5. The summed E-state index contributed by atoms with van der Waals surface area (Å²) in [5.41, 5.74) is 0.970. The largest absolute Gasteiger partial charge is 0.494 e. The van der Waals surface area contributed by atoms with Crippen molar-refractivity contribution >= 4 is 5.96 Å². The molecule has 1 saturated carbocycles. The maximum atomic E-state index is 13.9. The van der Waals surface area contributed by atoms with Crippen LogP contribution < -0.4 is 10.1 Å². The molecule has 0 radical (unpaired) electrons. The zero-order valence-electron chi connectivity index (χ0n) is 16.4. The summed E-state index contributed by atoms with van der Waals surface area (Å²) >= 11 is 0. The molecule has 2 aliphatic rings. The van der Waals surface area contributed by atoms with Crippen LogP contribution in [0.15, 0.2) is 23.2 Å². The molecule has 1 saturated heterocycles. The van der Waals surface area contributed by atoms with Gasteiger partial charge in [-0.25, -0.2) is 4.39 Å². The number of benzene rings is 1. The van der Waals surface area contributed by atoms with Crippen LogP contribution in [0.5, 0.6) is 5.75 Å². The highest BCUT2D eigenvalue weighted by Gasteiger charge is 2.22. The van der Waals surface area contributed by atoms with Crippen molar-refractivity contribution in [3.05, 3.63) is 29.6 Å². The first-order valence-electron chi connectivity index (χ1n) is 9.77. The van der Waals surface area contributed by atoms with Crippen molar-refractivity contribution in [3.8, 4) is 5.75 Å². The van der Waals surface area contributed by atoms with Crippen LogP contribution in [0.4, 0.5) is 4.39 Å². The number of methoxy groups -OCH3 is 1. The van der Waals surface area contributed by atoms with Gasteiger partial charge in [0.2, 0.25) is 0 Å². The summed E-state index contributed by atoms with van der Waals surface area (Å²) in [6.07, 6.45) is 2.64. The normalized spacial score (nSPS) is 18.6. The average Bonchev–Trinajstić information content (AvgIpc) is 3.50. The highest BCUT2D eigenvalue weighted by atomic mass is 19.1. The fourth-order valence-electron chi connectivity index (χ4n) is 3.29. The first kappa shape index (κ1) is 19.9. The van der Waals surface area contributed by atoms with Gasteiger partial charge < -0.3 is 19.7 Å². The van der Waals surface area contributed by atoms with Gasteiger partial charge in [-0.05, 0) is 36.5 Å². The predicted octanol–water partition coefficient (Wildman–Crippen LogP) is 1.95. The lowest BCUT2D eigenvalue weighted by molar-refractivity contribution is 0.127. The maximum absolute atomic E-state index is 13.9. The second-order valence-corrected chi connectivity index (χ2v) is 7.22. The number of rotatable bonds is 8. The fourth-order valence-corrected chi connectivity index (χ4v) is 3.29. The van der Waals surface area contributed by atoms with Crippen molar-refractivity contribution in [1.82, 2.24) is 15.1 Å². The number of nitrogens with one attached hydrogen (secondary N) is 1. The lowest BCUT2D eigenvalue weighted by Gasteiger charge is -2.36. The standard InChI is InChI=1S/C20H31FN4O2/c1-22-20(23-7-12-27-15-16-3-4-16)25-10-8-24(9-11-25)14-17-5-6-19(26-2)18(21)13-17/h5-6,13,16H,3-4,7-12,14-15H2,1-2H3,(H,22,23). The Morgan fingerprint density at radius 2 is 2.04 bits per heavy atom. The van der Waals surface area contributed by atoms with E-state index in [4.69, 9.17) is 9.47 Å². The Hall–Kier alpha value is -1.86. The minimum atomic E-state index is -0.304. The average molecular weight is 378 g/mol. The van der Waals surface area contributed by atoms with E-state index in [9.17, 15) is 4.39 Å². The first-order chi connectivity index (χ1) is 13.2. The van der Waals surface area contributed by atoms with Crippen molar-refractivity contribution in [2.45, 2.75) is 19.4 Å². The Kier molecular flexibility index (Phi) is 7.29. The van der Waals surface area contributed by atoms with Crippen LogP contribution in [0.2, 0.25) is 0 Å². The van der Waals surface area contributed by atoms with Gasteiger partial charge in [0.05, 0.1) is 13.7 Å². The molecule has 0 bridgehead atoms. The molecule has 0 unspecified atom stereocenters. The molecular formula is C20H31FN4O2. The summed E-state index contributed by atoms with van der Waals surface area (Å²) in [4.78, 5) is 9.00. The number of nitrogens with zero attached hydrogens (tertiary/aromatic N) is 3. The molecule has 0 spiro atoms. The zero-order chi connectivity index (χ0) is 19.1. The Morgan fingerprint density at radius 3 is 2.67 bits per heavy atom. The van der Waals surface area contributed by atoms with Crippen LogP contribution in [-0.2, 0) is 11.3 Å². The quantitative estimate of drug-likeness (QED) is 0.426. The van der Waals surface area contributed by atoms with Crippen molar-refractivity contribution in [1.29, 1.82) is 0 Å². The third-order valence-corrected chi connectivity index (χ3v) is 5.09. The molecule has 0 amide bonds. The van der Waals surface area contributed by atoms with Crippen molar-refractivity contribution < 1.29 is 13.9 Å². The maximum Gasteiger partial charge on any atom is 0.193 e. The first-order valence-corrected chi connectivity index (χ1v) is 9.77. The molecular weight excluding hydrogens is 347 g/mol. The van der Waals surface area contributed by atoms with Crippen LogP contribution in [0.3, 0.4) is 0 Å². The summed E-state index contributed by atoms with van der Waals surface area (Å²) in [5, 5.41) is 3.39. The van der Waals surface area contributed by atoms with Crippen LogP contribution in [0.25, 0.3) is 0 Å². The van der Waals surface area contributed by atoms with E-state index >= 15 is 0 Å². The summed E-state index contributed by atoms with van der Waals surface area (Å²) in [6, 6.07) is 5.18. The fraction of sp³-hybridized carbons (Fsp3) is 0.650. The molecule has 1 aliphatic heterocycles. The number of guanidine groups is 1. The Balaban J connectivity index is 1.38. The van der Waals surface area contributed by atoms with E-state index in [2.05, 4.69) is 20.1 Å². The van der Waals surface area contributed by atoms with Crippen LogP contribution >= 0.6 is 0 Å². The van der Waals surface area contributed by atoms with Gasteiger partial charge in [-0.2, -0.15) is 0 Å². The van der Waals surface area contributed by atoms with Gasteiger partial charge in [-0.3, -0.25) is 9.89 Å². The van der Waals surface area contributed by atoms with E-state index in [0.717, 1.165) is 69.9 Å². The Labute approximate surface area is 161 Å². The minimum absolute atomic E-state index is 0.291. The second-order valence-electron chi connectivity index (χ2n) is 7.22. The van der Waals surface area contributed by atoms with E-state index in [1.54, 1.807) is 12.1 Å². The highest BCUT2D eigenvalue weighted by molar-refractivity contribution is 5.79. The molecule has 150 valence electrons. The van der Waals surface area contributed by atoms with Gasteiger partial charge in [0.15, 0.2) is 17.5 Å². The number of ether oxygens (including phenoxy) is 2. The van der Waals surface area contributed by atoms with Gasteiger partial charge in [0.25, 0.3) is 0 Å². The van der Waals surface area contributed by atoms with Gasteiger partial charge >= 0.3 is 0 Å². The molecule has 1 aliphatic carbocycles. The lowest BCUT2D eigenvalue weighted by atomic mass is 10.2. The van der Waals surface area contributed by atoms with Crippen LogP contribution in [0.1, 0.15) is 18.4 Å². The molecule has 1 N–H and O–H groups in total. The smallest absolute Gasteiger partial charge is 0.193 e. The number of aliphatic imine (C=N–C) groups is 1. The summed E-state index contributed by atoms with van der Waals surface area (Å²) in [7, 11) is 3.30. The van der Waals surface area contributed by atoms with Gasteiger partial charge in [-0.15, -0.1) is 0 Å². The molecule has 1 aromatic rings. The minimum Gasteiger partial charge on any atom is -0.494 e. The molecule has 6 nitrogen and oxygen atoms in total. The number of hydrogen-bond donors (Lipinski definition) is 1. The van der Waals surface area contributed by atoms with Gasteiger partial charge in [-0.1, -0.05) is 6.07 Å². The van der Waals surface area contributed by atoms with Crippen molar-refractivity contribution in [2.75, 3.05) is 60.1 Å². The van der Waals surface area contributed by atoms with Crippen molar-refractivity contribution in [3.63, 3.8) is 0 Å². The van der Waals surface area contributed by atoms with Crippen molar-refractivity contribution in [2.24, 2.45) is 10.9 Å². The molecule has 0 aromatic heterocycles. The van der Waals surface area contributed by atoms with Gasteiger partial charge in [0, 0.05) is 52.9 Å².